The minimum absolute atomic E-state index is 0.0171. The Labute approximate surface area is 311 Å². The van der Waals surface area contributed by atoms with Crippen molar-refractivity contribution in [1.82, 2.24) is 19.5 Å². The first kappa shape index (κ1) is 43.6. The van der Waals surface area contributed by atoms with E-state index in [0.29, 0.717) is 6.42 Å². The number of unbranched alkanes of at least 4 members (excludes halogenated alkanes) is 14. The molecule has 0 bridgehead atoms. The van der Waals surface area contributed by atoms with E-state index in [4.69, 9.17) is 35.2 Å². The van der Waals surface area contributed by atoms with Crippen molar-refractivity contribution in [2.45, 2.75) is 161 Å². The second kappa shape index (κ2) is 23.8. The predicted molar refractivity (Wildman–Crippen MR) is 196 cm³/mol. The third-order valence-corrected chi connectivity index (χ3v) is 9.36. The van der Waals surface area contributed by atoms with E-state index in [1.54, 1.807) is 13.8 Å². The molecule has 1 unspecified atom stereocenters. The van der Waals surface area contributed by atoms with E-state index < -0.39 is 67.5 Å². The Morgan fingerprint density at radius 1 is 0.943 bits per heavy atom. The number of fused-ring (bicyclic) bond motifs is 1. The van der Waals surface area contributed by atoms with Crippen LogP contribution in [0.2, 0.25) is 0 Å². The summed E-state index contributed by atoms with van der Waals surface area (Å²) < 4.78 is 43.0. The summed E-state index contributed by atoms with van der Waals surface area (Å²) in [5, 5.41) is 0. The zero-order valence-corrected chi connectivity index (χ0v) is 31.7. The van der Waals surface area contributed by atoms with Crippen LogP contribution in [0.1, 0.15) is 136 Å². The van der Waals surface area contributed by atoms with Gasteiger partial charge < -0.3 is 35.2 Å². The first-order valence-corrected chi connectivity index (χ1v) is 19.4. The molecule has 3 heterocycles. The second-order valence-electron chi connectivity index (χ2n) is 14.2. The number of nitrogens with one attached hydrogen (secondary N) is 1. The van der Waals surface area contributed by atoms with Gasteiger partial charge in [-0.05, 0) is 12.3 Å². The summed E-state index contributed by atoms with van der Waals surface area (Å²) in [5.74, 6) is -1.50. The minimum atomic E-state index is -1.53. The van der Waals surface area contributed by atoms with Crippen LogP contribution >= 0.6 is 0 Å². The van der Waals surface area contributed by atoms with Crippen molar-refractivity contribution in [3.63, 3.8) is 0 Å². The van der Waals surface area contributed by atoms with E-state index in [1.165, 1.54) is 81.5 Å². The Balaban J connectivity index is 1.36. The van der Waals surface area contributed by atoms with Crippen LogP contribution in [0.4, 0.5) is 15.1 Å². The van der Waals surface area contributed by atoms with Gasteiger partial charge in [0.2, 0.25) is 5.95 Å². The smallest absolute Gasteiger partial charge is 0.460 e. The number of nitrogens with two attached hydrogens (primary N) is 2. The number of aromatic nitrogens is 4. The van der Waals surface area contributed by atoms with Crippen molar-refractivity contribution in [1.29, 1.82) is 0 Å². The maximum Gasteiger partial charge on any atom is 0.508 e. The Bertz CT molecular complexity index is 1450. The third kappa shape index (κ3) is 15.6. The van der Waals surface area contributed by atoms with Crippen molar-refractivity contribution in [2.24, 2.45) is 11.7 Å². The second-order valence-corrected chi connectivity index (χ2v) is 14.2. The summed E-state index contributed by atoms with van der Waals surface area (Å²) in [4.78, 5) is 59.9. The lowest BCUT2D eigenvalue weighted by molar-refractivity contribution is -0.163. The standard InChI is InChI=1S/C37H61FN6O9/c1-4-5-6-7-8-9-10-11-12-13-14-15-16-17-18-19-30(45)52-26(21-49-35(47)31(39)25(2)3)22-50-37(48)51-23-28-27(38)20-29(53-28)44-24-41-32-33(44)42-36(40)43-34(32)46/h24-29,31H,4-23,39H2,1-3H3,(H3,40,42,43,46)/t26?,27-,28+,29+,31-/m0/s1. The summed E-state index contributed by atoms with van der Waals surface area (Å²) in [6, 6.07) is -0.879. The van der Waals surface area contributed by atoms with E-state index in [2.05, 4.69) is 21.9 Å². The molecule has 2 aromatic heterocycles. The first-order valence-electron chi connectivity index (χ1n) is 19.4. The molecule has 5 N–H and O–H groups in total. The minimum Gasteiger partial charge on any atom is -0.460 e. The van der Waals surface area contributed by atoms with E-state index in [1.807, 2.05) is 0 Å². The Morgan fingerprint density at radius 3 is 2.13 bits per heavy atom. The first-order chi connectivity index (χ1) is 25.5. The number of nitrogens with zero attached hydrogens (tertiary/aromatic N) is 3. The Hall–Kier alpha value is -3.79. The maximum absolute atomic E-state index is 14.9. The molecule has 5 atom stereocenters. The number of imidazole rings is 1. The highest BCUT2D eigenvalue weighted by Gasteiger charge is 2.38. The van der Waals surface area contributed by atoms with Crippen LogP contribution in [-0.2, 0) is 33.3 Å². The zero-order chi connectivity index (χ0) is 38.6. The number of hydrogen-bond acceptors (Lipinski definition) is 13. The number of hydrogen-bond donors (Lipinski definition) is 3. The van der Waals surface area contributed by atoms with Gasteiger partial charge in [-0.25, -0.2) is 14.2 Å². The number of carbonyl (C=O) groups is 3. The fourth-order valence-corrected chi connectivity index (χ4v) is 6.06. The molecule has 0 aliphatic carbocycles. The molecule has 15 nitrogen and oxygen atoms in total. The van der Waals surface area contributed by atoms with Gasteiger partial charge in [-0.3, -0.25) is 23.9 Å². The lowest BCUT2D eigenvalue weighted by Crippen LogP contribution is -2.39. The maximum atomic E-state index is 14.9. The van der Waals surface area contributed by atoms with Crippen LogP contribution in [0.5, 0.6) is 0 Å². The van der Waals surface area contributed by atoms with Gasteiger partial charge in [0.05, 0.1) is 6.33 Å². The zero-order valence-electron chi connectivity index (χ0n) is 31.7. The molecule has 300 valence electrons. The molecule has 1 fully saturated rings. The highest BCUT2D eigenvalue weighted by atomic mass is 19.1. The van der Waals surface area contributed by atoms with Crippen LogP contribution in [0.15, 0.2) is 11.1 Å². The number of anilines is 1. The van der Waals surface area contributed by atoms with Crippen molar-refractivity contribution in [3.8, 4) is 0 Å². The van der Waals surface area contributed by atoms with Crippen LogP contribution in [0.25, 0.3) is 11.2 Å². The number of halogens is 1. The van der Waals surface area contributed by atoms with Crippen molar-refractivity contribution >= 4 is 35.2 Å². The molecule has 0 spiro atoms. The van der Waals surface area contributed by atoms with Gasteiger partial charge in [0.1, 0.15) is 44.4 Å². The average molecular weight is 753 g/mol. The van der Waals surface area contributed by atoms with E-state index in [9.17, 15) is 23.6 Å². The molecule has 0 saturated carbocycles. The predicted octanol–water partition coefficient (Wildman–Crippen LogP) is 6.18. The van der Waals surface area contributed by atoms with Gasteiger partial charge in [-0.15, -0.1) is 0 Å². The summed E-state index contributed by atoms with van der Waals surface area (Å²) in [6.07, 6.45) is 13.6. The summed E-state index contributed by atoms with van der Waals surface area (Å²) in [5.41, 5.74) is 11.1. The molecule has 3 rings (SSSR count). The Morgan fingerprint density at radius 2 is 1.53 bits per heavy atom. The lowest BCUT2D eigenvalue weighted by Gasteiger charge is -2.20. The highest BCUT2D eigenvalue weighted by Crippen LogP contribution is 2.32. The number of H-pyrrole nitrogens is 1. The number of rotatable bonds is 26. The third-order valence-electron chi connectivity index (χ3n) is 9.36. The van der Waals surface area contributed by atoms with E-state index >= 15 is 0 Å². The number of carbonyl (C=O) groups excluding carboxylic acids is 3. The summed E-state index contributed by atoms with van der Waals surface area (Å²) in [6.45, 7) is 4.45. The molecule has 1 saturated heterocycles. The summed E-state index contributed by atoms with van der Waals surface area (Å²) in [7, 11) is 0. The van der Waals surface area contributed by atoms with Crippen molar-refractivity contribution < 1.29 is 42.5 Å². The van der Waals surface area contributed by atoms with Crippen LogP contribution in [0, 0.1) is 5.92 Å². The van der Waals surface area contributed by atoms with Gasteiger partial charge in [-0.2, -0.15) is 4.98 Å². The lowest BCUT2D eigenvalue weighted by atomic mass is 10.0. The monoisotopic (exact) mass is 752 g/mol. The van der Waals surface area contributed by atoms with Gasteiger partial charge in [0.25, 0.3) is 5.56 Å². The molecule has 0 aromatic carbocycles. The normalized spacial score (nSPS) is 18.3. The van der Waals surface area contributed by atoms with Gasteiger partial charge in [0, 0.05) is 12.8 Å². The van der Waals surface area contributed by atoms with Gasteiger partial charge >= 0.3 is 18.1 Å². The number of alkyl halides is 1. The number of aromatic amines is 1. The largest absolute Gasteiger partial charge is 0.508 e. The molecular weight excluding hydrogens is 691 g/mol. The summed E-state index contributed by atoms with van der Waals surface area (Å²) >= 11 is 0. The van der Waals surface area contributed by atoms with Crippen LogP contribution in [-0.4, -0.2) is 81.9 Å². The van der Waals surface area contributed by atoms with Crippen molar-refractivity contribution in [3.05, 3.63) is 16.7 Å². The number of nitrogen functional groups attached to an aromatic ring is 1. The van der Waals surface area contributed by atoms with Crippen LogP contribution in [0.3, 0.4) is 0 Å². The fraction of sp³-hybridized carbons (Fsp3) is 0.784. The molecule has 16 heteroatoms. The molecular formula is C37H61FN6O9. The number of ether oxygens (including phenoxy) is 5. The molecule has 53 heavy (non-hydrogen) atoms. The molecule has 0 amide bonds. The molecule has 2 aromatic rings. The topological polar surface area (TPSA) is 213 Å². The van der Waals surface area contributed by atoms with Crippen LogP contribution < -0.4 is 17.0 Å². The quantitative estimate of drug-likeness (QED) is 0.0557. The molecule has 1 aliphatic rings. The average Bonchev–Trinajstić information content (AvgIpc) is 3.72. The number of esters is 2. The van der Waals surface area contributed by atoms with Gasteiger partial charge in [-0.1, -0.05) is 111 Å². The highest BCUT2D eigenvalue weighted by molar-refractivity contribution is 5.76. The Kier molecular flexibility index (Phi) is 19.6. The van der Waals surface area contributed by atoms with Crippen molar-refractivity contribution in [2.75, 3.05) is 25.6 Å². The molecule has 0 radical (unpaired) electrons. The SMILES string of the molecule is CCCCCCCCCCCCCCCCCC(=O)OC(COC(=O)OC[C@H]1O[C@@H](n2cnc3c(=O)[nH]c(N)nc32)C[C@@H]1F)COC(=O)[C@@H](N)C(C)C. The van der Waals surface area contributed by atoms with Gasteiger partial charge in [0.15, 0.2) is 17.3 Å². The van der Waals surface area contributed by atoms with E-state index in [-0.39, 0.29) is 42.5 Å². The van der Waals surface area contributed by atoms with E-state index in [0.717, 1.165) is 19.3 Å². The fourth-order valence-electron chi connectivity index (χ4n) is 6.06. The molecule has 1 aliphatic heterocycles.